The summed E-state index contributed by atoms with van der Waals surface area (Å²) >= 11 is 0. The van der Waals surface area contributed by atoms with E-state index in [-0.39, 0.29) is 11.3 Å². The van der Waals surface area contributed by atoms with Crippen LogP contribution in [0.1, 0.15) is 24.5 Å². The van der Waals surface area contributed by atoms with Gasteiger partial charge in [0.1, 0.15) is 11.5 Å². The van der Waals surface area contributed by atoms with Crippen LogP contribution in [0.3, 0.4) is 0 Å². The fraction of sp³-hybridized carbons (Fsp3) is 0.278. The minimum atomic E-state index is -2.63. The maximum absolute atomic E-state index is 13.4. The maximum atomic E-state index is 13.4. The summed E-state index contributed by atoms with van der Waals surface area (Å²) in [6.07, 6.45) is -0.998. The van der Waals surface area contributed by atoms with Gasteiger partial charge >= 0.3 is 0 Å². The molecule has 0 atom stereocenters. The molecular weight excluding hydrogens is 298 g/mol. The molecular formula is C18H20F2N2O. The molecule has 0 aliphatic heterocycles. The fourth-order valence-corrected chi connectivity index (χ4v) is 1.94. The number of hydrogen-bond donors (Lipinski definition) is 0. The standard InChI is InChI=1S/C18H20F2N2O/c1-4-22(3)12-21-16-11-15(18(19)20)17(10-13(16)2)23-14-8-6-5-7-9-14/h5-12,18H,4H2,1-3H3/b21-12+. The van der Waals surface area contributed by atoms with Gasteiger partial charge in [-0.3, -0.25) is 0 Å². The van der Waals surface area contributed by atoms with E-state index in [1.54, 1.807) is 36.7 Å². The van der Waals surface area contributed by atoms with E-state index >= 15 is 0 Å². The molecule has 0 aromatic heterocycles. The molecule has 0 spiro atoms. The minimum absolute atomic E-state index is 0.159. The Morgan fingerprint density at radius 1 is 1.22 bits per heavy atom. The Kier molecular flexibility index (Phi) is 5.68. The first-order valence-electron chi connectivity index (χ1n) is 7.41. The number of benzene rings is 2. The predicted octanol–water partition coefficient (Wildman–Crippen LogP) is 5.34. The van der Waals surface area contributed by atoms with Gasteiger partial charge < -0.3 is 9.64 Å². The van der Waals surface area contributed by atoms with Gasteiger partial charge in [0.15, 0.2) is 0 Å². The molecule has 122 valence electrons. The Balaban J connectivity index is 2.36. The van der Waals surface area contributed by atoms with E-state index < -0.39 is 6.43 Å². The molecule has 23 heavy (non-hydrogen) atoms. The summed E-state index contributed by atoms with van der Waals surface area (Å²) in [6.45, 7) is 4.60. The average molecular weight is 318 g/mol. The molecule has 3 nitrogen and oxygen atoms in total. The number of hydrogen-bond acceptors (Lipinski definition) is 2. The normalized spacial score (nSPS) is 11.2. The summed E-state index contributed by atoms with van der Waals surface area (Å²) in [7, 11) is 1.87. The zero-order valence-electron chi connectivity index (χ0n) is 13.5. The fourth-order valence-electron chi connectivity index (χ4n) is 1.94. The van der Waals surface area contributed by atoms with Crippen molar-refractivity contribution >= 4 is 12.0 Å². The Bertz CT molecular complexity index is 672. The van der Waals surface area contributed by atoms with Crippen LogP contribution in [0.15, 0.2) is 47.5 Å². The number of aryl methyl sites for hydroxylation is 1. The number of para-hydroxylation sites is 1. The molecule has 0 heterocycles. The summed E-state index contributed by atoms with van der Waals surface area (Å²) in [5.41, 5.74) is 1.13. The third-order valence-corrected chi connectivity index (χ3v) is 3.43. The van der Waals surface area contributed by atoms with Gasteiger partial charge in [-0.2, -0.15) is 0 Å². The lowest BCUT2D eigenvalue weighted by atomic mass is 10.1. The van der Waals surface area contributed by atoms with Gasteiger partial charge in [-0.25, -0.2) is 13.8 Å². The van der Waals surface area contributed by atoms with E-state index in [0.717, 1.165) is 12.1 Å². The third kappa shape index (κ3) is 4.52. The molecule has 0 aliphatic carbocycles. The predicted molar refractivity (Wildman–Crippen MR) is 89.1 cm³/mol. The van der Waals surface area contributed by atoms with Gasteiger partial charge in [-0.15, -0.1) is 0 Å². The first kappa shape index (κ1) is 16.9. The highest BCUT2D eigenvalue weighted by Crippen LogP contribution is 2.37. The molecule has 0 fully saturated rings. The van der Waals surface area contributed by atoms with E-state index in [2.05, 4.69) is 4.99 Å². The highest BCUT2D eigenvalue weighted by molar-refractivity contribution is 5.65. The Hall–Kier alpha value is -2.43. The monoisotopic (exact) mass is 318 g/mol. The summed E-state index contributed by atoms with van der Waals surface area (Å²) in [6, 6.07) is 11.9. The number of rotatable bonds is 6. The van der Waals surface area contributed by atoms with Gasteiger partial charge in [0, 0.05) is 13.6 Å². The van der Waals surface area contributed by atoms with Crippen LogP contribution in [0.25, 0.3) is 0 Å². The van der Waals surface area contributed by atoms with Gasteiger partial charge in [0.2, 0.25) is 0 Å². The van der Waals surface area contributed by atoms with Crippen molar-refractivity contribution in [3.8, 4) is 11.5 Å². The second kappa shape index (κ2) is 7.72. The smallest absolute Gasteiger partial charge is 0.267 e. The molecule has 2 rings (SSSR count). The van der Waals surface area contributed by atoms with Crippen molar-refractivity contribution in [2.24, 2.45) is 4.99 Å². The maximum Gasteiger partial charge on any atom is 0.267 e. The van der Waals surface area contributed by atoms with Crippen molar-refractivity contribution in [1.82, 2.24) is 4.90 Å². The van der Waals surface area contributed by atoms with E-state index in [9.17, 15) is 8.78 Å². The van der Waals surface area contributed by atoms with Crippen molar-refractivity contribution in [2.45, 2.75) is 20.3 Å². The Morgan fingerprint density at radius 3 is 2.52 bits per heavy atom. The minimum Gasteiger partial charge on any atom is -0.457 e. The highest BCUT2D eigenvalue weighted by Gasteiger charge is 2.17. The van der Waals surface area contributed by atoms with Gasteiger partial charge in [-0.1, -0.05) is 18.2 Å². The zero-order chi connectivity index (χ0) is 16.8. The second-order valence-corrected chi connectivity index (χ2v) is 5.21. The summed E-state index contributed by atoms with van der Waals surface area (Å²) in [4.78, 5) is 6.15. The number of ether oxygens (including phenoxy) is 1. The molecule has 0 aliphatic rings. The molecule has 0 bridgehead atoms. The van der Waals surface area contributed by atoms with Crippen molar-refractivity contribution in [3.05, 3.63) is 53.6 Å². The van der Waals surface area contributed by atoms with Crippen LogP contribution in [0, 0.1) is 6.92 Å². The first-order chi connectivity index (χ1) is 11.0. The average Bonchev–Trinajstić information content (AvgIpc) is 2.54. The molecule has 0 N–H and O–H groups in total. The first-order valence-corrected chi connectivity index (χ1v) is 7.41. The van der Waals surface area contributed by atoms with E-state index in [0.29, 0.717) is 11.4 Å². The summed E-state index contributed by atoms with van der Waals surface area (Å²) in [5, 5.41) is 0. The molecule has 0 unspecified atom stereocenters. The van der Waals surface area contributed by atoms with Crippen LogP contribution < -0.4 is 4.74 Å². The summed E-state index contributed by atoms with van der Waals surface area (Å²) in [5.74, 6) is 0.683. The van der Waals surface area contributed by atoms with Crippen molar-refractivity contribution < 1.29 is 13.5 Å². The summed E-state index contributed by atoms with van der Waals surface area (Å²) < 4.78 is 32.3. The number of nitrogens with zero attached hydrogens (tertiary/aromatic N) is 2. The van der Waals surface area contributed by atoms with Crippen LogP contribution >= 0.6 is 0 Å². The number of alkyl halides is 2. The van der Waals surface area contributed by atoms with Gasteiger partial charge in [0.25, 0.3) is 6.43 Å². The topological polar surface area (TPSA) is 24.8 Å². The van der Waals surface area contributed by atoms with Crippen LogP contribution in [0.5, 0.6) is 11.5 Å². The number of aliphatic imine (C=N–C) groups is 1. The zero-order valence-corrected chi connectivity index (χ0v) is 13.5. The Labute approximate surface area is 135 Å². The molecule has 0 saturated heterocycles. The SMILES string of the molecule is CCN(C)/C=N/c1cc(C(F)F)c(Oc2ccccc2)cc1C. The lowest BCUT2D eigenvalue weighted by molar-refractivity contribution is 0.148. The highest BCUT2D eigenvalue weighted by atomic mass is 19.3. The second-order valence-electron chi connectivity index (χ2n) is 5.21. The van der Waals surface area contributed by atoms with Crippen LogP contribution in [-0.4, -0.2) is 24.8 Å². The molecule has 0 amide bonds. The molecule has 5 heteroatoms. The molecule has 0 radical (unpaired) electrons. The van der Waals surface area contributed by atoms with Gasteiger partial charge in [-0.05, 0) is 43.7 Å². The van der Waals surface area contributed by atoms with E-state index in [4.69, 9.17) is 4.74 Å². The van der Waals surface area contributed by atoms with Crippen LogP contribution in [-0.2, 0) is 0 Å². The molecule has 2 aromatic carbocycles. The van der Waals surface area contributed by atoms with Gasteiger partial charge in [0.05, 0.1) is 17.6 Å². The molecule has 0 saturated carbocycles. The van der Waals surface area contributed by atoms with Crippen molar-refractivity contribution in [1.29, 1.82) is 0 Å². The van der Waals surface area contributed by atoms with Crippen molar-refractivity contribution in [3.63, 3.8) is 0 Å². The quantitative estimate of drug-likeness (QED) is 0.531. The van der Waals surface area contributed by atoms with Crippen LogP contribution in [0.2, 0.25) is 0 Å². The van der Waals surface area contributed by atoms with Crippen molar-refractivity contribution in [2.75, 3.05) is 13.6 Å². The lowest BCUT2D eigenvalue weighted by Crippen LogP contribution is -2.14. The molecule has 2 aromatic rings. The lowest BCUT2D eigenvalue weighted by Gasteiger charge is -2.14. The van der Waals surface area contributed by atoms with Crippen LogP contribution in [0.4, 0.5) is 14.5 Å². The number of halogens is 2. The largest absolute Gasteiger partial charge is 0.457 e. The third-order valence-electron chi connectivity index (χ3n) is 3.43. The Morgan fingerprint density at radius 2 is 1.91 bits per heavy atom. The van der Waals surface area contributed by atoms with E-state index in [1.165, 1.54) is 6.07 Å². The van der Waals surface area contributed by atoms with E-state index in [1.807, 2.05) is 31.9 Å².